The number of anilines is 1. The molecular weight excluding hydrogens is 254 g/mol. The first-order valence-corrected chi connectivity index (χ1v) is 5.56. The average molecular weight is 269 g/mol. The van der Waals surface area contributed by atoms with Gasteiger partial charge in [-0.05, 0) is 12.1 Å². The molecule has 1 aromatic carbocycles. The summed E-state index contributed by atoms with van der Waals surface area (Å²) >= 11 is 0. The van der Waals surface area contributed by atoms with Crippen molar-refractivity contribution in [2.45, 2.75) is 0 Å². The van der Waals surface area contributed by atoms with E-state index in [9.17, 15) is 14.9 Å². The van der Waals surface area contributed by atoms with Gasteiger partial charge in [0.2, 0.25) is 0 Å². The standard InChI is InChI=1S/C11H15N3O5/c12-9-2-1-8(7-10(9)14(18)19)11(17)13(3-5-15)4-6-16/h1-2,7,15-16H,3-6,12H2. The maximum atomic E-state index is 12.1. The molecule has 104 valence electrons. The normalized spacial score (nSPS) is 10.2. The number of nitrogen functional groups attached to an aromatic ring is 1. The number of nitrogens with zero attached hydrogens (tertiary/aromatic N) is 2. The Morgan fingerprint density at radius 3 is 2.37 bits per heavy atom. The number of aliphatic hydroxyl groups excluding tert-OH is 2. The lowest BCUT2D eigenvalue weighted by atomic mass is 10.1. The lowest BCUT2D eigenvalue weighted by molar-refractivity contribution is -0.383. The number of nitro groups is 1. The SMILES string of the molecule is Nc1ccc(C(=O)N(CCO)CCO)cc1[N+](=O)[O-]. The third-order valence-electron chi connectivity index (χ3n) is 2.50. The van der Waals surface area contributed by atoms with Crippen molar-refractivity contribution >= 4 is 17.3 Å². The van der Waals surface area contributed by atoms with Crippen LogP contribution >= 0.6 is 0 Å². The van der Waals surface area contributed by atoms with Crippen molar-refractivity contribution in [1.29, 1.82) is 0 Å². The third kappa shape index (κ3) is 3.63. The predicted octanol–water partition coefficient (Wildman–Crippen LogP) is -0.396. The molecule has 8 nitrogen and oxygen atoms in total. The number of benzene rings is 1. The molecule has 0 aliphatic heterocycles. The van der Waals surface area contributed by atoms with Crippen molar-refractivity contribution in [3.05, 3.63) is 33.9 Å². The molecule has 19 heavy (non-hydrogen) atoms. The highest BCUT2D eigenvalue weighted by Gasteiger charge is 2.19. The van der Waals surface area contributed by atoms with Crippen molar-refractivity contribution in [1.82, 2.24) is 4.90 Å². The van der Waals surface area contributed by atoms with Gasteiger partial charge in [-0.1, -0.05) is 0 Å². The molecule has 0 aromatic heterocycles. The third-order valence-corrected chi connectivity index (χ3v) is 2.50. The molecule has 0 unspecified atom stereocenters. The summed E-state index contributed by atoms with van der Waals surface area (Å²) in [5.41, 5.74) is 5.14. The molecule has 1 amide bonds. The minimum Gasteiger partial charge on any atom is -0.395 e. The highest BCUT2D eigenvalue weighted by molar-refractivity contribution is 5.95. The molecule has 1 aromatic rings. The molecule has 0 aliphatic carbocycles. The number of nitrogens with two attached hydrogens (primary N) is 1. The molecule has 0 saturated carbocycles. The Morgan fingerprint density at radius 2 is 1.89 bits per heavy atom. The topological polar surface area (TPSA) is 130 Å². The van der Waals surface area contributed by atoms with Crippen molar-refractivity contribution in [2.24, 2.45) is 0 Å². The lowest BCUT2D eigenvalue weighted by Crippen LogP contribution is -2.35. The van der Waals surface area contributed by atoms with Crippen LogP contribution in [0, 0.1) is 10.1 Å². The van der Waals surface area contributed by atoms with Crippen LogP contribution in [0.5, 0.6) is 0 Å². The zero-order valence-electron chi connectivity index (χ0n) is 10.2. The highest BCUT2D eigenvalue weighted by atomic mass is 16.6. The fraction of sp³-hybridized carbons (Fsp3) is 0.364. The van der Waals surface area contributed by atoms with Crippen LogP contribution in [0.1, 0.15) is 10.4 Å². The van der Waals surface area contributed by atoms with E-state index in [1.54, 1.807) is 0 Å². The zero-order chi connectivity index (χ0) is 14.4. The number of hydrogen-bond donors (Lipinski definition) is 3. The van der Waals surface area contributed by atoms with E-state index >= 15 is 0 Å². The molecular formula is C11H15N3O5. The minimum absolute atomic E-state index is 0.0302. The van der Waals surface area contributed by atoms with Crippen LogP contribution in [-0.4, -0.2) is 52.2 Å². The van der Waals surface area contributed by atoms with Gasteiger partial charge in [-0.25, -0.2) is 0 Å². The summed E-state index contributed by atoms with van der Waals surface area (Å²) < 4.78 is 0. The van der Waals surface area contributed by atoms with Gasteiger partial charge in [-0.2, -0.15) is 0 Å². The zero-order valence-corrected chi connectivity index (χ0v) is 10.2. The Morgan fingerprint density at radius 1 is 1.32 bits per heavy atom. The minimum atomic E-state index is -0.672. The van der Waals surface area contributed by atoms with Gasteiger partial charge < -0.3 is 20.8 Å². The Balaban J connectivity index is 3.04. The molecule has 4 N–H and O–H groups in total. The first-order valence-electron chi connectivity index (χ1n) is 5.56. The molecule has 0 bridgehead atoms. The summed E-state index contributed by atoms with van der Waals surface area (Å²) in [7, 11) is 0. The summed E-state index contributed by atoms with van der Waals surface area (Å²) in [6.07, 6.45) is 0. The van der Waals surface area contributed by atoms with Crippen molar-refractivity contribution in [3.8, 4) is 0 Å². The second-order valence-electron chi connectivity index (χ2n) is 3.77. The number of rotatable bonds is 6. The van der Waals surface area contributed by atoms with Crippen molar-refractivity contribution in [3.63, 3.8) is 0 Å². The Labute approximate surface area is 109 Å². The molecule has 0 fully saturated rings. The Hall–Kier alpha value is -2.19. The maximum Gasteiger partial charge on any atom is 0.292 e. The molecule has 0 radical (unpaired) electrons. The number of amides is 1. The largest absolute Gasteiger partial charge is 0.395 e. The monoisotopic (exact) mass is 269 g/mol. The van der Waals surface area contributed by atoms with Gasteiger partial charge in [0.15, 0.2) is 0 Å². The molecule has 1 rings (SSSR count). The smallest absolute Gasteiger partial charge is 0.292 e. The van der Waals surface area contributed by atoms with Gasteiger partial charge in [0.1, 0.15) is 5.69 Å². The molecule has 8 heteroatoms. The van der Waals surface area contributed by atoms with Gasteiger partial charge in [0.05, 0.1) is 18.1 Å². The average Bonchev–Trinajstić information content (AvgIpc) is 2.38. The van der Waals surface area contributed by atoms with E-state index in [-0.39, 0.29) is 43.2 Å². The predicted molar refractivity (Wildman–Crippen MR) is 67.6 cm³/mol. The summed E-state index contributed by atoms with van der Waals surface area (Å²) in [4.78, 5) is 23.3. The molecule has 0 atom stereocenters. The first kappa shape index (κ1) is 14.9. The number of hydrogen-bond acceptors (Lipinski definition) is 6. The fourth-order valence-corrected chi connectivity index (χ4v) is 1.57. The van der Waals surface area contributed by atoms with Crippen LogP contribution in [0.4, 0.5) is 11.4 Å². The quantitative estimate of drug-likeness (QED) is 0.366. The van der Waals surface area contributed by atoms with Gasteiger partial charge >= 0.3 is 0 Å². The summed E-state index contributed by atoms with van der Waals surface area (Å²) in [6, 6.07) is 3.73. The maximum absolute atomic E-state index is 12.1. The first-order chi connectivity index (χ1) is 9.01. The molecule has 0 saturated heterocycles. The van der Waals surface area contributed by atoms with Crippen LogP contribution in [0.15, 0.2) is 18.2 Å². The van der Waals surface area contributed by atoms with Crippen LogP contribution in [0.25, 0.3) is 0 Å². The van der Waals surface area contributed by atoms with Gasteiger partial charge in [-0.3, -0.25) is 14.9 Å². The van der Waals surface area contributed by atoms with E-state index in [0.29, 0.717) is 0 Å². The fourth-order valence-electron chi connectivity index (χ4n) is 1.57. The Kier molecular flexibility index (Phi) is 5.22. The summed E-state index contributed by atoms with van der Waals surface area (Å²) in [5.74, 6) is -0.508. The van der Waals surface area contributed by atoms with E-state index < -0.39 is 10.8 Å². The van der Waals surface area contributed by atoms with E-state index in [0.717, 1.165) is 6.07 Å². The Bertz CT molecular complexity index is 471. The second-order valence-corrected chi connectivity index (χ2v) is 3.77. The van der Waals surface area contributed by atoms with Crippen molar-refractivity contribution < 1.29 is 19.9 Å². The number of nitro benzene ring substituents is 1. The van der Waals surface area contributed by atoms with Crippen LogP contribution in [0.2, 0.25) is 0 Å². The van der Waals surface area contributed by atoms with Crippen molar-refractivity contribution in [2.75, 3.05) is 32.0 Å². The lowest BCUT2D eigenvalue weighted by Gasteiger charge is -2.20. The molecule has 0 aliphatic rings. The van der Waals surface area contributed by atoms with Crippen LogP contribution in [0.3, 0.4) is 0 Å². The van der Waals surface area contributed by atoms with E-state index in [1.807, 2.05) is 0 Å². The summed E-state index contributed by atoms with van der Waals surface area (Å²) in [6.45, 7) is -0.444. The summed E-state index contributed by atoms with van der Waals surface area (Å²) in [5, 5.41) is 28.4. The van der Waals surface area contributed by atoms with E-state index in [2.05, 4.69) is 0 Å². The highest BCUT2D eigenvalue weighted by Crippen LogP contribution is 2.23. The molecule has 0 spiro atoms. The molecule has 0 heterocycles. The van der Waals surface area contributed by atoms with Gasteiger partial charge in [0.25, 0.3) is 11.6 Å². The number of carbonyl (C=O) groups excluding carboxylic acids is 1. The van der Waals surface area contributed by atoms with Crippen LogP contribution < -0.4 is 5.73 Å². The number of aliphatic hydroxyl groups is 2. The van der Waals surface area contributed by atoms with Gasteiger partial charge in [-0.15, -0.1) is 0 Å². The number of carbonyl (C=O) groups is 1. The van der Waals surface area contributed by atoms with E-state index in [4.69, 9.17) is 15.9 Å². The second kappa shape index (κ2) is 6.66. The van der Waals surface area contributed by atoms with E-state index in [1.165, 1.54) is 17.0 Å². The van der Waals surface area contributed by atoms with Gasteiger partial charge in [0, 0.05) is 24.7 Å². The van der Waals surface area contributed by atoms with Crippen LogP contribution in [-0.2, 0) is 0 Å².